The van der Waals surface area contributed by atoms with E-state index in [1.165, 1.54) is 4.90 Å². The Bertz CT molecular complexity index is 330. The predicted octanol–water partition coefficient (Wildman–Crippen LogP) is 2.73. The van der Waals surface area contributed by atoms with Gasteiger partial charge in [-0.3, -0.25) is 4.79 Å². The van der Waals surface area contributed by atoms with Crippen molar-refractivity contribution in [1.82, 2.24) is 4.90 Å². The lowest BCUT2D eigenvalue weighted by Crippen LogP contribution is -2.41. The Kier molecular flexibility index (Phi) is 3.96. The van der Waals surface area contributed by atoms with Gasteiger partial charge in [0.05, 0.1) is 0 Å². The van der Waals surface area contributed by atoms with Crippen LogP contribution in [0.25, 0.3) is 0 Å². The minimum Gasteiger partial charge on any atom is -0.443 e. The number of likely N-dealkylation sites (tertiary alicyclic amines) is 1. The van der Waals surface area contributed by atoms with Gasteiger partial charge in [-0.15, -0.1) is 6.58 Å². The molecule has 0 aromatic carbocycles. The number of nitrogens with zero attached hydrogens (tertiary/aromatic N) is 1. The van der Waals surface area contributed by atoms with Crippen LogP contribution < -0.4 is 0 Å². The molecule has 1 heterocycles. The minimum absolute atomic E-state index is 0.0951. The SMILES string of the molecule is C=CC[C@@H]1C[C@@H](C)N(C(=O)OC(C)(C)C)C1=O. The highest BCUT2D eigenvalue weighted by molar-refractivity contribution is 5.95. The van der Waals surface area contributed by atoms with Gasteiger partial charge in [-0.05, 0) is 40.5 Å². The molecule has 0 radical (unpaired) electrons. The molecule has 0 N–H and O–H groups in total. The van der Waals surface area contributed by atoms with Crippen molar-refractivity contribution in [2.24, 2.45) is 5.92 Å². The average Bonchev–Trinajstić information content (AvgIpc) is 2.39. The first-order chi connectivity index (χ1) is 7.76. The maximum atomic E-state index is 12.0. The van der Waals surface area contributed by atoms with E-state index in [0.717, 1.165) is 0 Å². The van der Waals surface area contributed by atoms with Crippen molar-refractivity contribution >= 4 is 12.0 Å². The fourth-order valence-corrected chi connectivity index (χ4v) is 2.01. The zero-order valence-corrected chi connectivity index (χ0v) is 11.0. The Balaban J connectivity index is 2.74. The predicted molar refractivity (Wildman–Crippen MR) is 65.5 cm³/mol. The second-order valence-corrected chi connectivity index (χ2v) is 5.49. The number of allylic oxidation sites excluding steroid dienone is 1. The molecule has 0 aliphatic carbocycles. The molecule has 96 valence electrons. The Hall–Kier alpha value is -1.32. The monoisotopic (exact) mass is 239 g/mol. The van der Waals surface area contributed by atoms with Gasteiger partial charge in [0.2, 0.25) is 5.91 Å². The Morgan fingerprint density at radius 3 is 2.65 bits per heavy atom. The van der Waals surface area contributed by atoms with Crippen LogP contribution in [-0.4, -0.2) is 28.5 Å². The number of hydrogen-bond acceptors (Lipinski definition) is 3. The number of imide groups is 1. The minimum atomic E-state index is -0.576. The van der Waals surface area contributed by atoms with E-state index < -0.39 is 11.7 Å². The third kappa shape index (κ3) is 3.32. The molecule has 0 bridgehead atoms. The van der Waals surface area contributed by atoms with Gasteiger partial charge in [-0.25, -0.2) is 9.69 Å². The van der Waals surface area contributed by atoms with E-state index in [4.69, 9.17) is 4.74 Å². The van der Waals surface area contributed by atoms with Gasteiger partial charge in [0.25, 0.3) is 0 Å². The summed E-state index contributed by atoms with van der Waals surface area (Å²) in [6.45, 7) is 10.9. The molecule has 0 aromatic rings. The van der Waals surface area contributed by atoms with Crippen molar-refractivity contribution in [3.8, 4) is 0 Å². The molecule has 1 rings (SSSR count). The van der Waals surface area contributed by atoms with Gasteiger partial charge >= 0.3 is 6.09 Å². The van der Waals surface area contributed by atoms with Crippen molar-refractivity contribution in [2.75, 3.05) is 0 Å². The van der Waals surface area contributed by atoms with Crippen molar-refractivity contribution in [3.05, 3.63) is 12.7 Å². The largest absolute Gasteiger partial charge is 0.443 e. The molecule has 1 aliphatic rings. The summed E-state index contributed by atoms with van der Waals surface area (Å²) in [5.74, 6) is -0.276. The van der Waals surface area contributed by atoms with E-state index >= 15 is 0 Å². The third-order valence-electron chi connectivity index (χ3n) is 2.69. The van der Waals surface area contributed by atoms with Gasteiger partial charge in [0, 0.05) is 12.0 Å². The first-order valence-electron chi connectivity index (χ1n) is 5.93. The fraction of sp³-hybridized carbons (Fsp3) is 0.692. The number of rotatable bonds is 2. The smallest absolute Gasteiger partial charge is 0.417 e. The highest BCUT2D eigenvalue weighted by Gasteiger charge is 2.41. The van der Waals surface area contributed by atoms with Crippen LogP contribution in [0.1, 0.15) is 40.5 Å². The highest BCUT2D eigenvalue weighted by atomic mass is 16.6. The maximum absolute atomic E-state index is 12.0. The molecule has 1 saturated heterocycles. The molecule has 0 spiro atoms. The van der Waals surface area contributed by atoms with Crippen LogP contribution in [0.5, 0.6) is 0 Å². The Labute approximate surface area is 103 Å². The molecule has 0 unspecified atom stereocenters. The summed E-state index contributed by atoms with van der Waals surface area (Å²) in [6.07, 6.45) is 2.47. The summed E-state index contributed by atoms with van der Waals surface area (Å²) in [4.78, 5) is 25.1. The van der Waals surface area contributed by atoms with Gasteiger partial charge < -0.3 is 4.74 Å². The molecule has 1 aliphatic heterocycles. The van der Waals surface area contributed by atoms with E-state index in [2.05, 4.69) is 6.58 Å². The Morgan fingerprint density at radius 2 is 2.18 bits per heavy atom. The molecular weight excluding hydrogens is 218 g/mol. The summed E-state index contributed by atoms with van der Waals surface area (Å²) in [6, 6.07) is -0.0951. The molecule has 4 heteroatoms. The summed E-state index contributed by atoms with van der Waals surface area (Å²) < 4.78 is 5.23. The van der Waals surface area contributed by atoms with E-state index in [9.17, 15) is 9.59 Å². The number of ether oxygens (including phenoxy) is 1. The van der Waals surface area contributed by atoms with Crippen molar-refractivity contribution in [1.29, 1.82) is 0 Å². The van der Waals surface area contributed by atoms with Crippen LogP contribution in [0, 0.1) is 5.92 Å². The van der Waals surface area contributed by atoms with Gasteiger partial charge in [-0.1, -0.05) is 6.08 Å². The molecule has 2 atom stereocenters. The number of carbonyl (C=O) groups is 2. The zero-order valence-electron chi connectivity index (χ0n) is 11.0. The van der Waals surface area contributed by atoms with Gasteiger partial charge in [0.1, 0.15) is 5.60 Å². The normalized spacial score (nSPS) is 24.9. The van der Waals surface area contributed by atoms with Crippen LogP contribution in [0.15, 0.2) is 12.7 Å². The van der Waals surface area contributed by atoms with Crippen LogP contribution in [0.2, 0.25) is 0 Å². The summed E-state index contributed by atoms with van der Waals surface area (Å²) in [7, 11) is 0. The highest BCUT2D eigenvalue weighted by Crippen LogP contribution is 2.28. The summed E-state index contributed by atoms with van der Waals surface area (Å²) in [5.41, 5.74) is -0.576. The summed E-state index contributed by atoms with van der Waals surface area (Å²) >= 11 is 0. The maximum Gasteiger partial charge on any atom is 0.417 e. The molecular formula is C13H21NO3. The topological polar surface area (TPSA) is 46.6 Å². The first kappa shape index (κ1) is 13.7. The van der Waals surface area contributed by atoms with Crippen molar-refractivity contribution < 1.29 is 14.3 Å². The molecule has 17 heavy (non-hydrogen) atoms. The molecule has 2 amide bonds. The van der Waals surface area contributed by atoms with E-state index in [0.29, 0.717) is 12.8 Å². The van der Waals surface area contributed by atoms with Crippen LogP contribution in [0.4, 0.5) is 4.79 Å². The van der Waals surface area contributed by atoms with Crippen LogP contribution in [-0.2, 0) is 9.53 Å². The molecule has 0 aromatic heterocycles. The number of hydrogen-bond donors (Lipinski definition) is 0. The second kappa shape index (κ2) is 4.90. The number of amides is 2. The van der Waals surface area contributed by atoms with E-state index in [-0.39, 0.29) is 17.9 Å². The first-order valence-corrected chi connectivity index (χ1v) is 5.93. The standard InChI is InChI=1S/C13H21NO3/c1-6-7-10-8-9(2)14(11(10)15)12(16)17-13(3,4)5/h6,9-10H,1,7-8H2,2-5H3/t9-,10-/m1/s1. The van der Waals surface area contributed by atoms with Crippen LogP contribution >= 0.6 is 0 Å². The summed E-state index contributed by atoms with van der Waals surface area (Å²) in [5, 5.41) is 0. The van der Waals surface area contributed by atoms with Gasteiger partial charge in [0.15, 0.2) is 0 Å². The van der Waals surface area contributed by atoms with E-state index in [1.807, 2.05) is 6.92 Å². The lowest BCUT2D eigenvalue weighted by molar-refractivity contribution is -0.130. The fourth-order valence-electron chi connectivity index (χ4n) is 2.01. The lowest BCUT2D eigenvalue weighted by atomic mass is 10.0. The Morgan fingerprint density at radius 1 is 1.59 bits per heavy atom. The average molecular weight is 239 g/mol. The van der Waals surface area contributed by atoms with Crippen molar-refractivity contribution in [2.45, 2.75) is 52.2 Å². The third-order valence-corrected chi connectivity index (χ3v) is 2.69. The van der Waals surface area contributed by atoms with Gasteiger partial charge in [-0.2, -0.15) is 0 Å². The molecule has 4 nitrogen and oxygen atoms in total. The molecule has 0 saturated carbocycles. The lowest BCUT2D eigenvalue weighted by Gasteiger charge is -2.25. The zero-order chi connectivity index (χ0) is 13.2. The van der Waals surface area contributed by atoms with E-state index in [1.54, 1.807) is 26.8 Å². The molecule has 1 fully saturated rings. The van der Waals surface area contributed by atoms with Crippen molar-refractivity contribution in [3.63, 3.8) is 0 Å². The second-order valence-electron chi connectivity index (χ2n) is 5.49. The number of carbonyl (C=O) groups excluding carboxylic acids is 2. The quantitative estimate of drug-likeness (QED) is 0.696. The van der Waals surface area contributed by atoms with Crippen LogP contribution in [0.3, 0.4) is 0 Å².